The van der Waals surface area contributed by atoms with Gasteiger partial charge in [0.1, 0.15) is 17.7 Å². The number of amides is 1. The molecule has 1 aliphatic heterocycles. The average molecular weight is 425 g/mol. The van der Waals surface area contributed by atoms with Gasteiger partial charge in [-0.15, -0.1) is 0 Å². The van der Waals surface area contributed by atoms with E-state index in [1.54, 1.807) is 31.3 Å². The quantitative estimate of drug-likeness (QED) is 0.550. The fourth-order valence-electron chi connectivity index (χ4n) is 3.30. The molecular formula is C21H28N8O2. The zero-order valence-corrected chi connectivity index (χ0v) is 17.9. The second-order valence-corrected chi connectivity index (χ2v) is 7.43. The Labute approximate surface area is 182 Å². The van der Waals surface area contributed by atoms with Crippen molar-refractivity contribution in [3.05, 3.63) is 35.9 Å². The van der Waals surface area contributed by atoms with Crippen LogP contribution in [0.15, 0.2) is 24.7 Å². The van der Waals surface area contributed by atoms with Crippen LogP contribution >= 0.6 is 0 Å². The number of hydrogen-bond acceptors (Lipinski definition) is 9. The third kappa shape index (κ3) is 6.34. The molecule has 1 aliphatic rings. The van der Waals surface area contributed by atoms with Gasteiger partial charge in [0.15, 0.2) is 5.69 Å². The fourth-order valence-corrected chi connectivity index (χ4v) is 3.30. The second kappa shape index (κ2) is 11.2. The predicted octanol–water partition coefficient (Wildman–Crippen LogP) is 1.62. The van der Waals surface area contributed by atoms with Crippen LogP contribution in [0.5, 0.6) is 0 Å². The highest BCUT2D eigenvalue weighted by atomic mass is 16.5. The fraction of sp³-hybridized carbons (Fsp3) is 0.476. The molecule has 0 saturated carbocycles. The zero-order valence-electron chi connectivity index (χ0n) is 17.9. The Balaban J connectivity index is 1.79. The van der Waals surface area contributed by atoms with Gasteiger partial charge in [0.25, 0.3) is 5.91 Å². The largest absolute Gasteiger partial charge is 0.384 e. The lowest BCUT2D eigenvalue weighted by Crippen LogP contribution is -2.32. The van der Waals surface area contributed by atoms with Gasteiger partial charge in [-0.1, -0.05) is 0 Å². The number of anilines is 3. The maximum absolute atomic E-state index is 13.0. The summed E-state index contributed by atoms with van der Waals surface area (Å²) >= 11 is 0. The van der Waals surface area contributed by atoms with Gasteiger partial charge in [-0.2, -0.15) is 5.26 Å². The van der Waals surface area contributed by atoms with E-state index in [9.17, 15) is 4.79 Å². The normalized spacial score (nSPS) is 14.0. The van der Waals surface area contributed by atoms with E-state index in [4.69, 9.17) is 10.00 Å². The smallest absolute Gasteiger partial charge is 0.257 e. The van der Waals surface area contributed by atoms with E-state index in [1.165, 1.54) is 12.4 Å². The van der Waals surface area contributed by atoms with Crippen molar-refractivity contribution in [3.63, 3.8) is 0 Å². The summed E-state index contributed by atoms with van der Waals surface area (Å²) in [6, 6.07) is 3.74. The summed E-state index contributed by atoms with van der Waals surface area (Å²) in [5, 5.41) is 18.8. The van der Waals surface area contributed by atoms with Gasteiger partial charge in [0, 0.05) is 39.5 Å². The van der Waals surface area contributed by atoms with Crippen LogP contribution in [0.2, 0.25) is 0 Å². The van der Waals surface area contributed by atoms with Crippen LogP contribution in [0.3, 0.4) is 0 Å². The average Bonchev–Trinajstić information content (AvgIpc) is 2.82. The highest BCUT2D eigenvalue weighted by Gasteiger charge is 2.19. The van der Waals surface area contributed by atoms with E-state index >= 15 is 0 Å². The molecule has 0 atom stereocenters. The molecule has 3 rings (SSSR count). The van der Waals surface area contributed by atoms with Crippen molar-refractivity contribution >= 4 is 23.2 Å². The van der Waals surface area contributed by atoms with Gasteiger partial charge in [0.05, 0.1) is 30.3 Å². The number of nitrogens with zero attached hydrogens (tertiary/aromatic N) is 5. The third-order valence-corrected chi connectivity index (χ3v) is 5.17. The van der Waals surface area contributed by atoms with Crippen molar-refractivity contribution < 1.29 is 9.53 Å². The molecule has 0 aromatic carbocycles. The summed E-state index contributed by atoms with van der Waals surface area (Å²) in [5.74, 6) is 1.42. The molecule has 0 spiro atoms. The zero-order chi connectivity index (χ0) is 22.1. The predicted molar refractivity (Wildman–Crippen MR) is 117 cm³/mol. The Morgan fingerprint density at radius 1 is 1.26 bits per heavy atom. The van der Waals surface area contributed by atoms with E-state index in [0.717, 1.165) is 32.5 Å². The standard InChI is InChI=1S/C21H28N8O2/c1-29(7-8-31-2)21(30)17-13-27-19(28-20-14-24-16(10-22)12-26-20)9-18(17)25-11-15-3-5-23-6-4-15/h9,12-15,23H,3-8,11H2,1-2H3,(H2,25,26,27,28). The van der Waals surface area contributed by atoms with Crippen molar-refractivity contribution in [3.8, 4) is 6.07 Å². The van der Waals surface area contributed by atoms with E-state index in [1.807, 2.05) is 6.07 Å². The van der Waals surface area contributed by atoms with Gasteiger partial charge in [0.2, 0.25) is 0 Å². The van der Waals surface area contributed by atoms with E-state index < -0.39 is 0 Å². The number of pyridine rings is 1. The van der Waals surface area contributed by atoms with Crippen molar-refractivity contribution in [1.29, 1.82) is 5.26 Å². The molecule has 0 bridgehead atoms. The summed E-state index contributed by atoms with van der Waals surface area (Å²) in [4.78, 5) is 27.1. The number of methoxy groups -OCH3 is 1. The van der Waals surface area contributed by atoms with Gasteiger partial charge in [-0.05, 0) is 31.8 Å². The molecule has 0 aliphatic carbocycles. The van der Waals surface area contributed by atoms with Crippen molar-refractivity contribution in [1.82, 2.24) is 25.2 Å². The number of aromatic nitrogens is 3. The van der Waals surface area contributed by atoms with Crippen molar-refractivity contribution in [2.45, 2.75) is 12.8 Å². The first-order chi connectivity index (χ1) is 15.1. The van der Waals surface area contributed by atoms with Crippen LogP contribution < -0.4 is 16.0 Å². The molecule has 2 aromatic heterocycles. The monoisotopic (exact) mass is 424 g/mol. The van der Waals surface area contributed by atoms with E-state index in [2.05, 4.69) is 30.9 Å². The highest BCUT2D eigenvalue weighted by molar-refractivity contribution is 5.99. The Morgan fingerprint density at radius 3 is 2.71 bits per heavy atom. The minimum absolute atomic E-state index is 0.123. The molecule has 1 saturated heterocycles. The molecule has 3 heterocycles. The van der Waals surface area contributed by atoms with E-state index in [-0.39, 0.29) is 11.6 Å². The Morgan fingerprint density at radius 2 is 2.03 bits per heavy atom. The maximum Gasteiger partial charge on any atom is 0.257 e. The van der Waals surface area contributed by atoms with Gasteiger partial charge in [-0.3, -0.25) is 4.79 Å². The topological polar surface area (TPSA) is 128 Å². The molecule has 0 radical (unpaired) electrons. The number of carbonyl (C=O) groups is 1. The van der Waals surface area contributed by atoms with Crippen LogP contribution in [0.25, 0.3) is 0 Å². The summed E-state index contributed by atoms with van der Waals surface area (Å²) < 4.78 is 5.08. The van der Waals surface area contributed by atoms with Crippen LogP contribution in [0.4, 0.5) is 17.3 Å². The first kappa shape index (κ1) is 22.4. The van der Waals surface area contributed by atoms with E-state index in [0.29, 0.717) is 42.0 Å². The summed E-state index contributed by atoms with van der Waals surface area (Å²) in [5.41, 5.74) is 1.46. The lowest BCUT2D eigenvalue weighted by Gasteiger charge is -2.24. The molecule has 164 valence electrons. The number of ether oxygens (including phenoxy) is 1. The highest BCUT2D eigenvalue weighted by Crippen LogP contribution is 2.23. The number of piperidine rings is 1. The molecule has 2 aromatic rings. The van der Waals surface area contributed by atoms with Gasteiger partial charge < -0.3 is 25.6 Å². The number of carbonyl (C=O) groups excluding carboxylic acids is 1. The van der Waals surface area contributed by atoms with Crippen molar-refractivity contribution in [2.24, 2.45) is 5.92 Å². The SMILES string of the molecule is COCCN(C)C(=O)c1cnc(Nc2cnc(C#N)cn2)cc1NCC1CCNCC1. The second-order valence-electron chi connectivity index (χ2n) is 7.43. The van der Waals surface area contributed by atoms with Gasteiger partial charge in [-0.25, -0.2) is 15.0 Å². The van der Waals surface area contributed by atoms with Crippen molar-refractivity contribution in [2.75, 3.05) is 57.6 Å². The molecule has 0 unspecified atom stereocenters. The number of hydrogen-bond donors (Lipinski definition) is 3. The lowest BCUT2D eigenvalue weighted by atomic mass is 9.98. The third-order valence-electron chi connectivity index (χ3n) is 5.17. The Kier molecular flexibility index (Phi) is 8.09. The summed E-state index contributed by atoms with van der Waals surface area (Å²) in [7, 11) is 3.36. The minimum Gasteiger partial charge on any atom is -0.384 e. The van der Waals surface area contributed by atoms with Crippen LogP contribution in [-0.4, -0.2) is 72.7 Å². The molecule has 10 heteroatoms. The molecule has 3 N–H and O–H groups in total. The minimum atomic E-state index is -0.123. The first-order valence-corrected chi connectivity index (χ1v) is 10.3. The van der Waals surface area contributed by atoms with Crippen LogP contribution in [-0.2, 0) is 4.74 Å². The Bertz CT molecular complexity index is 907. The Hall–Kier alpha value is -3.29. The lowest BCUT2D eigenvalue weighted by molar-refractivity contribution is 0.0744. The number of rotatable bonds is 9. The molecule has 1 fully saturated rings. The number of nitriles is 1. The molecular weight excluding hydrogens is 396 g/mol. The summed E-state index contributed by atoms with van der Waals surface area (Å²) in [6.45, 7) is 3.76. The molecule has 10 nitrogen and oxygen atoms in total. The molecule has 1 amide bonds. The number of likely N-dealkylation sites (N-methyl/N-ethyl adjacent to an activating group) is 1. The maximum atomic E-state index is 13.0. The van der Waals surface area contributed by atoms with Crippen LogP contribution in [0, 0.1) is 17.2 Å². The summed E-state index contributed by atoms with van der Waals surface area (Å²) in [6.07, 6.45) is 6.62. The van der Waals surface area contributed by atoms with Gasteiger partial charge >= 0.3 is 0 Å². The number of nitrogens with one attached hydrogen (secondary N) is 3. The van der Waals surface area contributed by atoms with Crippen LogP contribution in [0.1, 0.15) is 28.9 Å². The molecule has 31 heavy (non-hydrogen) atoms. The first-order valence-electron chi connectivity index (χ1n) is 10.3.